The molecule has 2 unspecified atom stereocenters. The van der Waals surface area contributed by atoms with Gasteiger partial charge in [0.1, 0.15) is 0 Å². The monoisotopic (exact) mass is 261 g/mol. The highest BCUT2D eigenvalue weighted by Gasteiger charge is 2.48. The Hall–Kier alpha value is -1.36. The fourth-order valence-corrected chi connectivity index (χ4v) is 3.44. The summed E-state index contributed by atoms with van der Waals surface area (Å²) in [5.74, 6) is 1.99. The lowest BCUT2D eigenvalue weighted by molar-refractivity contribution is 0.0642. The number of aromatic nitrogens is 2. The lowest BCUT2D eigenvalue weighted by atomic mass is 10.0. The Morgan fingerprint density at radius 2 is 2.26 bits per heavy atom. The number of amides is 1. The predicted octanol–water partition coefficient (Wildman–Crippen LogP) is 1.23. The van der Waals surface area contributed by atoms with E-state index in [0.29, 0.717) is 17.5 Å². The van der Waals surface area contributed by atoms with Crippen molar-refractivity contribution < 1.29 is 9.53 Å². The third-order valence-corrected chi connectivity index (χ3v) is 4.77. The van der Waals surface area contributed by atoms with E-state index in [9.17, 15) is 4.79 Å². The number of hydrogen-bond acceptors (Lipinski definition) is 3. The normalized spacial score (nSPS) is 28.8. The summed E-state index contributed by atoms with van der Waals surface area (Å²) in [6, 6.07) is 0. The van der Waals surface area contributed by atoms with Crippen LogP contribution < -0.4 is 5.32 Å². The summed E-state index contributed by atoms with van der Waals surface area (Å²) < 4.78 is 5.33. The van der Waals surface area contributed by atoms with Crippen LogP contribution in [0.2, 0.25) is 0 Å². The van der Waals surface area contributed by atoms with Crippen LogP contribution in [-0.4, -0.2) is 35.9 Å². The molecule has 2 atom stereocenters. The van der Waals surface area contributed by atoms with E-state index >= 15 is 0 Å². The molecule has 1 saturated carbocycles. The quantitative estimate of drug-likeness (QED) is 0.860. The summed E-state index contributed by atoms with van der Waals surface area (Å²) in [6.45, 7) is 2.39. The third kappa shape index (κ3) is 1.96. The van der Waals surface area contributed by atoms with Crippen molar-refractivity contribution in [2.24, 2.45) is 11.8 Å². The summed E-state index contributed by atoms with van der Waals surface area (Å²) in [4.78, 5) is 12.2. The summed E-state index contributed by atoms with van der Waals surface area (Å²) in [6.07, 6.45) is 4.40. The van der Waals surface area contributed by atoms with Crippen LogP contribution in [0.25, 0.3) is 0 Å². The van der Waals surface area contributed by atoms with Gasteiger partial charge in [0, 0.05) is 36.9 Å². The van der Waals surface area contributed by atoms with Crippen LogP contribution in [-0.2, 0) is 11.2 Å². The van der Waals surface area contributed by atoms with Crippen molar-refractivity contribution in [3.05, 3.63) is 17.0 Å². The maximum Gasteiger partial charge on any atom is 0.272 e. The molecule has 1 aromatic rings. The van der Waals surface area contributed by atoms with E-state index in [1.807, 2.05) is 0 Å². The standard InChI is InChI=1S/C14H19N3O2/c18-14(15-7-8-1-3-19-4-2-8)13-11-6-9-5-10(9)12(11)16-17-13/h8-10H,1-7H2,(H,15,18)(H,16,17). The van der Waals surface area contributed by atoms with Gasteiger partial charge < -0.3 is 10.1 Å². The number of carbonyl (C=O) groups is 1. The first kappa shape index (κ1) is 11.5. The molecule has 5 nitrogen and oxygen atoms in total. The minimum absolute atomic E-state index is 0.00899. The molecular weight excluding hydrogens is 242 g/mol. The summed E-state index contributed by atoms with van der Waals surface area (Å²) in [7, 11) is 0. The van der Waals surface area contributed by atoms with Crippen molar-refractivity contribution in [2.75, 3.05) is 19.8 Å². The molecule has 4 rings (SSSR count). The number of nitrogens with one attached hydrogen (secondary N) is 2. The molecule has 1 saturated heterocycles. The molecule has 1 aliphatic heterocycles. The SMILES string of the molecule is O=C(NCC1CCOCC1)c1n[nH]c2c1CC1CC21. The summed E-state index contributed by atoms with van der Waals surface area (Å²) in [5.41, 5.74) is 3.03. The van der Waals surface area contributed by atoms with Crippen molar-refractivity contribution in [1.29, 1.82) is 0 Å². The van der Waals surface area contributed by atoms with Crippen molar-refractivity contribution in [3.8, 4) is 0 Å². The van der Waals surface area contributed by atoms with E-state index in [0.717, 1.165) is 44.9 Å². The first-order valence-corrected chi connectivity index (χ1v) is 7.26. The first-order chi connectivity index (χ1) is 9.33. The van der Waals surface area contributed by atoms with Crippen LogP contribution in [0.4, 0.5) is 0 Å². The van der Waals surface area contributed by atoms with Crippen LogP contribution in [0.15, 0.2) is 0 Å². The maximum absolute atomic E-state index is 12.2. The van der Waals surface area contributed by atoms with Gasteiger partial charge in [-0.05, 0) is 37.5 Å². The van der Waals surface area contributed by atoms with E-state index in [2.05, 4.69) is 15.5 Å². The average molecular weight is 261 g/mol. The van der Waals surface area contributed by atoms with Crippen LogP contribution in [0.1, 0.15) is 46.9 Å². The van der Waals surface area contributed by atoms with Crippen molar-refractivity contribution in [3.63, 3.8) is 0 Å². The zero-order chi connectivity index (χ0) is 12.8. The van der Waals surface area contributed by atoms with Crippen molar-refractivity contribution >= 4 is 5.91 Å². The molecule has 0 spiro atoms. The zero-order valence-corrected chi connectivity index (χ0v) is 10.9. The number of nitrogens with zero attached hydrogens (tertiary/aromatic N) is 1. The number of aromatic amines is 1. The molecule has 1 aromatic heterocycles. The Morgan fingerprint density at radius 1 is 1.42 bits per heavy atom. The largest absolute Gasteiger partial charge is 0.381 e. The molecule has 3 aliphatic rings. The minimum atomic E-state index is -0.00899. The van der Waals surface area contributed by atoms with Crippen LogP contribution >= 0.6 is 0 Å². The average Bonchev–Trinajstić information content (AvgIpc) is 2.93. The smallest absolute Gasteiger partial charge is 0.272 e. The number of carbonyl (C=O) groups excluding carboxylic acids is 1. The molecule has 1 amide bonds. The van der Waals surface area contributed by atoms with Gasteiger partial charge in [-0.1, -0.05) is 0 Å². The molecule has 0 bridgehead atoms. The lowest BCUT2D eigenvalue weighted by Crippen LogP contribution is -2.32. The highest BCUT2D eigenvalue weighted by molar-refractivity contribution is 5.94. The first-order valence-electron chi connectivity index (χ1n) is 7.26. The Morgan fingerprint density at radius 3 is 3.11 bits per heavy atom. The number of H-pyrrole nitrogens is 1. The second kappa shape index (κ2) is 4.34. The Labute approximate surface area is 112 Å². The molecule has 0 radical (unpaired) electrons. The van der Waals surface area contributed by atoms with E-state index < -0.39 is 0 Å². The predicted molar refractivity (Wildman–Crippen MR) is 69.0 cm³/mol. The number of fused-ring (bicyclic) bond motifs is 3. The topological polar surface area (TPSA) is 67.0 Å². The van der Waals surface area contributed by atoms with Gasteiger partial charge in [0.05, 0.1) is 0 Å². The molecule has 2 N–H and O–H groups in total. The fourth-order valence-electron chi connectivity index (χ4n) is 3.44. The molecule has 5 heteroatoms. The summed E-state index contributed by atoms with van der Waals surface area (Å²) in [5, 5.41) is 10.3. The second-order valence-corrected chi connectivity index (χ2v) is 6.04. The van der Waals surface area contributed by atoms with Crippen LogP contribution in [0.3, 0.4) is 0 Å². The highest BCUT2D eigenvalue weighted by Crippen LogP contribution is 2.55. The summed E-state index contributed by atoms with van der Waals surface area (Å²) >= 11 is 0. The lowest BCUT2D eigenvalue weighted by Gasteiger charge is -2.21. The van der Waals surface area contributed by atoms with E-state index in [1.54, 1.807) is 0 Å². The van der Waals surface area contributed by atoms with E-state index in [4.69, 9.17) is 4.74 Å². The van der Waals surface area contributed by atoms with Gasteiger partial charge in [-0.15, -0.1) is 0 Å². The molecule has 102 valence electrons. The molecule has 2 fully saturated rings. The van der Waals surface area contributed by atoms with Crippen molar-refractivity contribution in [2.45, 2.75) is 31.6 Å². The van der Waals surface area contributed by atoms with Gasteiger partial charge in [0.15, 0.2) is 5.69 Å². The van der Waals surface area contributed by atoms with Gasteiger partial charge in [0.25, 0.3) is 5.91 Å². The Balaban J connectivity index is 1.39. The molecule has 2 heterocycles. The second-order valence-electron chi connectivity index (χ2n) is 6.04. The van der Waals surface area contributed by atoms with E-state index in [-0.39, 0.29) is 5.91 Å². The molecular formula is C14H19N3O2. The zero-order valence-electron chi connectivity index (χ0n) is 10.9. The maximum atomic E-state index is 12.2. The Bertz CT molecular complexity index is 505. The van der Waals surface area contributed by atoms with E-state index in [1.165, 1.54) is 17.7 Å². The van der Waals surface area contributed by atoms with Crippen LogP contribution in [0, 0.1) is 11.8 Å². The van der Waals surface area contributed by atoms with Gasteiger partial charge in [-0.25, -0.2) is 0 Å². The van der Waals surface area contributed by atoms with Gasteiger partial charge >= 0.3 is 0 Å². The third-order valence-electron chi connectivity index (χ3n) is 4.77. The number of rotatable bonds is 3. The molecule has 0 aromatic carbocycles. The fraction of sp³-hybridized carbons (Fsp3) is 0.714. The number of ether oxygens (including phenoxy) is 1. The number of hydrogen-bond donors (Lipinski definition) is 2. The van der Waals surface area contributed by atoms with Crippen LogP contribution in [0.5, 0.6) is 0 Å². The minimum Gasteiger partial charge on any atom is -0.381 e. The Kier molecular flexibility index (Phi) is 2.62. The molecule has 19 heavy (non-hydrogen) atoms. The highest BCUT2D eigenvalue weighted by atomic mass is 16.5. The van der Waals surface area contributed by atoms with Crippen molar-refractivity contribution in [1.82, 2.24) is 15.5 Å². The van der Waals surface area contributed by atoms with Gasteiger partial charge in [0.2, 0.25) is 0 Å². The van der Waals surface area contributed by atoms with Gasteiger partial charge in [-0.3, -0.25) is 9.89 Å². The van der Waals surface area contributed by atoms with Gasteiger partial charge in [-0.2, -0.15) is 5.10 Å². The molecule has 2 aliphatic carbocycles.